The summed E-state index contributed by atoms with van der Waals surface area (Å²) in [6.45, 7) is 1.44. The van der Waals surface area contributed by atoms with Gasteiger partial charge in [0, 0.05) is 43.6 Å². The zero-order valence-electron chi connectivity index (χ0n) is 12.7. The average molecular weight is 323 g/mol. The Morgan fingerprint density at radius 1 is 1.36 bits per heavy atom. The Kier molecular flexibility index (Phi) is 5.91. The largest absolute Gasteiger partial charge is 0.344 e. The topological polar surface area (TPSA) is 71.3 Å². The van der Waals surface area contributed by atoms with E-state index in [2.05, 4.69) is 15.5 Å². The normalized spacial score (nSPS) is 10.7. The number of nitrogens with one attached hydrogen (secondary N) is 1. The summed E-state index contributed by atoms with van der Waals surface area (Å²) in [5.74, 6) is 1.02. The zero-order valence-corrected chi connectivity index (χ0v) is 13.4. The summed E-state index contributed by atoms with van der Waals surface area (Å²) in [4.78, 5) is 17.9. The molecule has 0 unspecified atom stereocenters. The second kappa shape index (κ2) is 7.91. The molecule has 0 saturated carbocycles. The predicted molar refractivity (Wildman–Crippen MR) is 84.6 cm³/mol. The predicted octanol–water partition coefficient (Wildman–Crippen LogP) is 2.00. The molecule has 0 spiro atoms. The first-order chi connectivity index (χ1) is 10.6. The van der Waals surface area contributed by atoms with E-state index >= 15 is 0 Å². The molecular weight excluding hydrogens is 304 g/mol. The number of hydrogen-bond acceptors (Lipinski definition) is 5. The number of carbonyl (C=O) groups is 1. The molecule has 1 aromatic carbocycles. The highest BCUT2D eigenvalue weighted by atomic mass is 35.5. The fourth-order valence-corrected chi connectivity index (χ4v) is 2.01. The summed E-state index contributed by atoms with van der Waals surface area (Å²) in [6.07, 6.45) is 0.784. The molecule has 0 radical (unpaired) electrons. The minimum Gasteiger partial charge on any atom is -0.344 e. The van der Waals surface area contributed by atoms with Gasteiger partial charge in [0.25, 0.3) is 0 Å². The number of aromatic nitrogens is 2. The SMILES string of the molecule is CNCCN(C)C(=O)CCc1nc(-c2ccc(Cl)cc2)no1. The molecule has 118 valence electrons. The Labute approximate surface area is 134 Å². The lowest BCUT2D eigenvalue weighted by Crippen LogP contribution is -2.32. The number of rotatable bonds is 7. The average Bonchev–Trinajstić information content (AvgIpc) is 2.99. The summed E-state index contributed by atoms with van der Waals surface area (Å²) >= 11 is 5.84. The van der Waals surface area contributed by atoms with Gasteiger partial charge < -0.3 is 14.7 Å². The van der Waals surface area contributed by atoms with Crippen molar-refractivity contribution in [2.24, 2.45) is 0 Å². The van der Waals surface area contributed by atoms with E-state index in [4.69, 9.17) is 16.1 Å². The highest BCUT2D eigenvalue weighted by molar-refractivity contribution is 6.30. The van der Waals surface area contributed by atoms with E-state index < -0.39 is 0 Å². The number of nitrogens with zero attached hydrogens (tertiary/aromatic N) is 3. The quantitative estimate of drug-likeness (QED) is 0.844. The van der Waals surface area contributed by atoms with Crippen LogP contribution in [0.25, 0.3) is 11.4 Å². The van der Waals surface area contributed by atoms with Crippen LogP contribution in [-0.2, 0) is 11.2 Å². The molecular formula is C15H19ClN4O2. The van der Waals surface area contributed by atoms with Crippen LogP contribution in [0.4, 0.5) is 0 Å². The van der Waals surface area contributed by atoms with Gasteiger partial charge in [-0.3, -0.25) is 4.79 Å². The minimum atomic E-state index is 0.0569. The van der Waals surface area contributed by atoms with Crippen LogP contribution in [0.3, 0.4) is 0 Å². The van der Waals surface area contributed by atoms with Crippen molar-refractivity contribution in [2.45, 2.75) is 12.8 Å². The minimum absolute atomic E-state index is 0.0569. The van der Waals surface area contributed by atoms with Crippen molar-refractivity contribution in [3.63, 3.8) is 0 Å². The van der Waals surface area contributed by atoms with Gasteiger partial charge in [0.1, 0.15) is 0 Å². The molecule has 7 heteroatoms. The number of halogens is 1. The second-order valence-corrected chi connectivity index (χ2v) is 5.37. The third-order valence-electron chi connectivity index (χ3n) is 3.25. The molecule has 0 atom stereocenters. The first-order valence-electron chi connectivity index (χ1n) is 7.07. The monoisotopic (exact) mass is 322 g/mol. The van der Waals surface area contributed by atoms with Gasteiger partial charge in [0.2, 0.25) is 17.6 Å². The maximum atomic E-state index is 11.9. The van der Waals surface area contributed by atoms with Crippen molar-refractivity contribution in [1.82, 2.24) is 20.4 Å². The molecule has 1 aromatic heterocycles. The highest BCUT2D eigenvalue weighted by Gasteiger charge is 2.13. The van der Waals surface area contributed by atoms with E-state index in [0.29, 0.717) is 36.1 Å². The molecule has 0 saturated heterocycles. The van der Waals surface area contributed by atoms with Crippen molar-refractivity contribution in [2.75, 3.05) is 27.2 Å². The number of benzene rings is 1. The molecule has 0 aliphatic carbocycles. The van der Waals surface area contributed by atoms with Crippen LogP contribution < -0.4 is 5.32 Å². The fraction of sp³-hybridized carbons (Fsp3) is 0.400. The van der Waals surface area contributed by atoms with Crippen molar-refractivity contribution in [1.29, 1.82) is 0 Å². The molecule has 0 bridgehead atoms. The van der Waals surface area contributed by atoms with Crippen molar-refractivity contribution in [3.05, 3.63) is 35.2 Å². The fourth-order valence-electron chi connectivity index (χ4n) is 1.88. The van der Waals surface area contributed by atoms with Gasteiger partial charge >= 0.3 is 0 Å². The Balaban J connectivity index is 1.89. The summed E-state index contributed by atoms with van der Waals surface area (Å²) in [6, 6.07) is 7.20. The lowest BCUT2D eigenvalue weighted by Gasteiger charge is -2.16. The number of amides is 1. The maximum Gasteiger partial charge on any atom is 0.227 e. The van der Waals surface area contributed by atoms with Gasteiger partial charge in [0.05, 0.1) is 0 Å². The number of aryl methyl sites for hydroxylation is 1. The van der Waals surface area contributed by atoms with E-state index in [9.17, 15) is 4.79 Å². The van der Waals surface area contributed by atoms with Gasteiger partial charge in [-0.25, -0.2) is 0 Å². The Morgan fingerprint density at radius 3 is 2.77 bits per heavy atom. The number of carbonyl (C=O) groups excluding carboxylic acids is 1. The summed E-state index contributed by atoms with van der Waals surface area (Å²) in [5, 5.41) is 7.59. The van der Waals surface area contributed by atoms with E-state index in [1.807, 2.05) is 19.2 Å². The lowest BCUT2D eigenvalue weighted by atomic mass is 10.2. The van der Waals surface area contributed by atoms with Crippen molar-refractivity contribution in [3.8, 4) is 11.4 Å². The molecule has 6 nitrogen and oxygen atoms in total. The molecule has 1 amide bonds. The molecule has 0 aliphatic rings. The number of hydrogen-bond donors (Lipinski definition) is 1. The lowest BCUT2D eigenvalue weighted by molar-refractivity contribution is -0.129. The second-order valence-electron chi connectivity index (χ2n) is 4.94. The standard InChI is InChI=1S/C15H19ClN4O2/c1-17-9-10-20(2)14(21)8-7-13-18-15(19-22-13)11-3-5-12(16)6-4-11/h3-6,17H,7-10H2,1-2H3. The van der Waals surface area contributed by atoms with E-state index in [0.717, 1.165) is 12.1 Å². The Bertz CT molecular complexity index is 612. The third-order valence-corrected chi connectivity index (χ3v) is 3.50. The zero-order chi connectivity index (χ0) is 15.9. The smallest absolute Gasteiger partial charge is 0.227 e. The molecule has 2 aromatic rings. The van der Waals surface area contributed by atoms with Crippen LogP contribution in [0.5, 0.6) is 0 Å². The van der Waals surface area contributed by atoms with Crippen molar-refractivity contribution < 1.29 is 9.32 Å². The summed E-state index contributed by atoms with van der Waals surface area (Å²) in [7, 11) is 3.64. The van der Waals surface area contributed by atoms with Gasteiger partial charge in [0.15, 0.2) is 0 Å². The van der Waals surface area contributed by atoms with Gasteiger partial charge in [-0.15, -0.1) is 0 Å². The van der Waals surface area contributed by atoms with E-state index in [-0.39, 0.29) is 5.91 Å². The van der Waals surface area contributed by atoms with Gasteiger partial charge in [-0.1, -0.05) is 16.8 Å². The molecule has 0 aliphatic heterocycles. The first-order valence-corrected chi connectivity index (χ1v) is 7.45. The van der Waals surface area contributed by atoms with Crippen LogP contribution >= 0.6 is 11.6 Å². The molecule has 1 heterocycles. The molecule has 2 rings (SSSR count). The Morgan fingerprint density at radius 2 is 2.09 bits per heavy atom. The van der Waals surface area contributed by atoms with E-state index in [1.165, 1.54) is 0 Å². The summed E-state index contributed by atoms with van der Waals surface area (Å²) < 4.78 is 5.18. The molecule has 22 heavy (non-hydrogen) atoms. The van der Waals surface area contributed by atoms with Gasteiger partial charge in [-0.05, 0) is 31.3 Å². The van der Waals surface area contributed by atoms with E-state index in [1.54, 1.807) is 24.1 Å². The molecule has 0 fully saturated rings. The Hall–Kier alpha value is -1.92. The van der Waals surface area contributed by atoms with Gasteiger partial charge in [-0.2, -0.15) is 4.98 Å². The highest BCUT2D eigenvalue weighted by Crippen LogP contribution is 2.19. The van der Waals surface area contributed by atoms with Crippen molar-refractivity contribution >= 4 is 17.5 Å². The van der Waals surface area contributed by atoms with Crippen LogP contribution in [0, 0.1) is 0 Å². The van der Waals surface area contributed by atoms with Crippen LogP contribution in [0.2, 0.25) is 5.02 Å². The summed E-state index contributed by atoms with van der Waals surface area (Å²) in [5.41, 5.74) is 0.830. The third kappa shape index (κ3) is 4.54. The van der Waals surface area contributed by atoms with Crippen LogP contribution in [0.1, 0.15) is 12.3 Å². The maximum absolute atomic E-state index is 11.9. The first kappa shape index (κ1) is 16.5. The van der Waals surface area contributed by atoms with Crippen LogP contribution in [0.15, 0.2) is 28.8 Å². The van der Waals surface area contributed by atoms with Crippen LogP contribution in [-0.4, -0.2) is 48.1 Å². The molecule has 1 N–H and O–H groups in total. The number of likely N-dealkylation sites (N-methyl/N-ethyl adjacent to an activating group) is 2.